The minimum Gasteiger partial charge on any atom is -0.497 e. The van der Waals surface area contributed by atoms with Gasteiger partial charge in [-0.15, -0.1) is 0 Å². The van der Waals surface area contributed by atoms with E-state index in [2.05, 4.69) is 0 Å². The predicted octanol–water partition coefficient (Wildman–Crippen LogP) is 2.53. The summed E-state index contributed by atoms with van der Waals surface area (Å²) in [5.41, 5.74) is 0.973. The maximum absolute atomic E-state index is 13.4. The Morgan fingerprint density at radius 3 is 2.63 bits per heavy atom. The van der Waals surface area contributed by atoms with Gasteiger partial charge in [0.2, 0.25) is 5.76 Å². The summed E-state index contributed by atoms with van der Waals surface area (Å²) >= 11 is 0. The topological polar surface area (TPSA) is 93.9 Å². The minimum atomic E-state index is -3.24. The smallest absolute Gasteiger partial charge is 0.291 e. The molecule has 1 fully saturated rings. The first-order valence-corrected chi connectivity index (χ1v) is 11.4. The van der Waals surface area contributed by atoms with Crippen molar-refractivity contribution in [1.82, 2.24) is 4.90 Å². The molecule has 1 amide bonds. The second-order valence-corrected chi connectivity index (χ2v) is 9.85. The van der Waals surface area contributed by atoms with Gasteiger partial charge in [0.25, 0.3) is 5.91 Å². The van der Waals surface area contributed by atoms with Crippen LogP contribution in [0.1, 0.15) is 34.1 Å². The molecule has 2 unspecified atom stereocenters. The average molecular weight is 425 g/mol. The zero-order valence-electron chi connectivity index (χ0n) is 16.2. The summed E-state index contributed by atoms with van der Waals surface area (Å²) in [7, 11) is -1.70. The van der Waals surface area contributed by atoms with Crippen LogP contribution in [0.15, 0.2) is 57.7 Å². The highest BCUT2D eigenvalue weighted by Gasteiger charge is 2.48. The van der Waals surface area contributed by atoms with E-state index in [1.54, 1.807) is 48.5 Å². The summed E-state index contributed by atoms with van der Waals surface area (Å²) in [5, 5.41) is 0.387. The SMILES string of the molecule is COc1cccc(C2c3c(oc4ccccc4c3=O)C(=O)N2C2CCS(=O)(=O)C2)c1. The highest BCUT2D eigenvalue weighted by Crippen LogP contribution is 2.42. The van der Waals surface area contributed by atoms with Crippen molar-refractivity contribution in [2.24, 2.45) is 0 Å². The molecule has 154 valence electrons. The van der Waals surface area contributed by atoms with Crippen molar-refractivity contribution >= 4 is 26.7 Å². The number of carbonyl (C=O) groups excluding carboxylic acids is 1. The summed E-state index contributed by atoms with van der Waals surface area (Å²) < 4.78 is 35.5. The zero-order valence-corrected chi connectivity index (χ0v) is 17.0. The Bertz CT molecular complexity index is 1340. The Kier molecular flexibility index (Phi) is 4.21. The summed E-state index contributed by atoms with van der Waals surface area (Å²) in [4.78, 5) is 28.3. The standard InChI is InChI=1S/C22H19NO6S/c1-28-15-6-4-5-13(11-15)19-18-20(24)16-7-2-3-8-17(16)29-21(18)22(25)23(19)14-9-10-30(26,27)12-14/h2-8,11,14,19H,9-10,12H2,1H3. The van der Waals surface area contributed by atoms with Crippen molar-refractivity contribution in [2.45, 2.75) is 18.5 Å². The van der Waals surface area contributed by atoms with Crippen LogP contribution >= 0.6 is 0 Å². The number of para-hydroxylation sites is 1. The van der Waals surface area contributed by atoms with E-state index in [1.165, 1.54) is 12.0 Å². The number of hydrogen-bond acceptors (Lipinski definition) is 6. The third-order valence-corrected chi connectivity index (χ3v) is 7.57. The molecule has 1 aromatic heterocycles. The molecule has 3 heterocycles. The van der Waals surface area contributed by atoms with Crippen LogP contribution in [0.5, 0.6) is 5.75 Å². The van der Waals surface area contributed by atoms with E-state index in [0.29, 0.717) is 28.7 Å². The molecule has 8 heteroatoms. The number of benzene rings is 2. The molecule has 0 saturated carbocycles. The van der Waals surface area contributed by atoms with Gasteiger partial charge in [-0.05, 0) is 36.2 Å². The summed E-state index contributed by atoms with van der Waals surface area (Å²) in [6, 6.07) is 12.6. The largest absolute Gasteiger partial charge is 0.497 e. The molecule has 0 aliphatic carbocycles. The second kappa shape index (κ2) is 6.70. The zero-order chi connectivity index (χ0) is 21.0. The number of sulfone groups is 1. The number of methoxy groups -OCH3 is 1. The molecule has 2 atom stereocenters. The minimum absolute atomic E-state index is 0.0178. The molecule has 0 radical (unpaired) electrons. The molecule has 2 aliphatic rings. The van der Waals surface area contributed by atoms with Crippen molar-refractivity contribution in [3.63, 3.8) is 0 Å². The lowest BCUT2D eigenvalue weighted by molar-refractivity contribution is 0.0662. The number of ether oxygens (including phenoxy) is 1. The Labute approximate surface area is 172 Å². The lowest BCUT2D eigenvalue weighted by Crippen LogP contribution is -2.40. The van der Waals surface area contributed by atoms with Gasteiger partial charge >= 0.3 is 0 Å². The van der Waals surface area contributed by atoms with Gasteiger partial charge in [0, 0.05) is 6.04 Å². The number of hydrogen-bond donors (Lipinski definition) is 0. The van der Waals surface area contributed by atoms with Gasteiger partial charge in [-0.2, -0.15) is 0 Å². The fourth-order valence-electron chi connectivity index (χ4n) is 4.45. The molecule has 0 spiro atoms. The first kappa shape index (κ1) is 18.9. The first-order valence-electron chi connectivity index (χ1n) is 9.62. The van der Waals surface area contributed by atoms with Crippen molar-refractivity contribution in [2.75, 3.05) is 18.6 Å². The average Bonchev–Trinajstić information content (AvgIpc) is 3.25. The molecular weight excluding hydrogens is 406 g/mol. The fraction of sp³-hybridized carbons (Fsp3) is 0.273. The van der Waals surface area contributed by atoms with Gasteiger partial charge < -0.3 is 14.1 Å². The molecule has 5 rings (SSSR count). The van der Waals surface area contributed by atoms with Crippen LogP contribution < -0.4 is 10.2 Å². The van der Waals surface area contributed by atoms with E-state index in [-0.39, 0.29) is 28.3 Å². The van der Waals surface area contributed by atoms with Gasteiger partial charge in [-0.3, -0.25) is 9.59 Å². The van der Waals surface area contributed by atoms with Crippen LogP contribution in [0.2, 0.25) is 0 Å². The van der Waals surface area contributed by atoms with Gasteiger partial charge in [0.05, 0.1) is 35.6 Å². The maximum atomic E-state index is 13.4. The lowest BCUT2D eigenvalue weighted by atomic mass is 9.97. The molecule has 2 aliphatic heterocycles. The number of carbonyl (C=O) groups is 1. The molecule has 3 aromatic rings. The Morgan fingerprint density at radius 1 is 1.10 bits per heavy atom. The predicted molar refractivity (Wildman–Crippen MR) is 111 cm³/mol. The van der Waals surface area contributed by atoms with Crippen LogP contribution in [0.3, 0.4) is 0 Å². The monoisotopic (exact) mass is 425 g/mol. The third-order valence-electron chi connectivity index (χ3n) is 5.82. The van der Waals surface area contributed by atoms with Gasteiger partial charge in [-0.1, -0.05) is 24.3 Å². The van der Waals surface area contributed by atoms with Crippen molar-refractivity contribution in [3.05, 3.63) is 75.6 Å². The van der Waals surface area contributed by atoms with E-state index < -0.39 is 27.8 Å². The quantitative estimate of drug-likeness (QED) is 0.640. The Hall–Kier alpha value is -3.13. The third kappa shape index (κ3) is 2.82. The van der Waals surface area contributed by atoms with E-state index in [1.807, 2.05) is 0 Å². The Balaban J connectivity index is 1.76. The second-order valence-electron chi connectivity index (χ2n) is 7.62. The summed E-state index contributed by atoms with van der Waals surface area (Å²) in [6.07, 6.45) is 0.330. The van der Waals surface area contributed by atoms with Crippen LogP contribution in [0.4, 0.5) is 0 Å². The molecular formula is C22H19NO6S. The van der Waals surface area contributed by atoms with E-state index in [9.17, 15) is 18.0 Å². The maximum Gasteiger partial charge on any atom is 0.291 e. The highest BCUT2D eigenvalue weighted by atomic mass is 32.2. The van der Waals surface area contributed by atoms with E-state index in [4.69, 9.17) is 9.15 Å². The summed E-state index contributed by atoms with van der Waals surface area (Å²) in [6.45, 7) is 0. The van der Waals surface area contributed by atoms with E-state index in [0.717, 1.165) is 0 Å². The number of rotatable bonds is 3. The first-order chi connectivity index (χ1) is 14.4. The molecule has 0 N–H and O–H groups in total. The normalized spacial score (nSPS) is 22.4. The van der Waals surface area contributed by atoms with Gasteiger partial charge in [0.1, 0.15) is 11.3 Å². The number of fused-ring (bicyclic) bond motifs is 2. The highest BCUT2D eigenvalue weighted by molar-refractivity contribution is 7.91. The van der Waals surface area contributed by atoms with Crippen molar-refractivity contribution in [1.29, 1.82) is 0 Å². The Morgan fingerprint density at radius 2 is 1.90 bits per heavy atom. The number of nitrogens with zero attached hydrogens (tertiary/aromatic N) is 1. The number of amides is 1. The van der Waals surface area contributed by atoms with Crippen LogP contribution in [0.25, 0.3) is 11.0 Å². The van der Waals surface area contributed by atoms with E-state index >= 15 is 0 Å². The molecule has 30 heavy (non-hydrogen) atoms. The van der Waals surface area contributed by atoms with Gasteiger partial charge in [-0.25, -0.2) is 8.42 Å². The van der Waals surface area contributed by atoms with Crippen molar-refractivity contribution in [3.8, 4) is 5.75 Å². The molecule has 2 aromatic carbocycles. The van der Waals surface area contributed by atoms with Crippen molar-refractivity contribution < 1.29 is 22.4 Å². The fourth-order valence-corrected chi connectivity index (χ4v) is 6.16. The summed E-state index contributed by atoms with van der Waals surface area (Å²) in [5.74, 6) is 0.00327. The molecule has 0 bridgehead atoms. The van der Waals surface area contributed by atoms with Gasteiger partial charge in [0.15, 0.2) is 15.3 Å². The van der Waals surface area contributed by atoms with Crippen LogP contribution in [-0.2, 0) is 9.84 Å². The molecule has 7 nitrogen and oxygen atoms in total. The molecule has 1 saturated heterocycles. The van der Waals surface area contributed by atoms with Crippen LogP contribution in [-0.4, -0.2) is 43.9 Å². The lowest BCUT2D eigenvalue weighted by Gasteiger charge is -2.30. The van der Waals surface area contributed by atoms with Crippen LogP contribution in [0, 0.1) is 0 Å².